The number of nitrogens with one attached hydrogen (secondary N) is 1. The van der Waals surface area contributed by atoms with E-state index in [1.807, 2.05) is 39.0 Å². The number of esters is 1. The van der Waals surface area contributed by atoms with Crippen LogP contribution in [0.4, 0.5) is 5.00 Å². The van der Waals surface area contributed by atoms with Crippen molar-refractivity contribution in [2.24, 2.45) is 5.92 Å². The Bertz CT molecular complexity index is 934. The molecule has 2 atom stereocenters. The van der Waals surface area contributed by atoms with Crippen LogP contribution in [0.3, 0.4) is 0 Å². The molecule has 0 bridgehead atoms. The van der Waals surface area contributed by atoms with Gasteiger partial charge in [-0.2, -0.15) is 0 Å². The molecule has 6 heteroatoms. The summed E-state index contributed by atoms with van der Waals surface area (Å²) in [5, 5.41) is 3.55. The molecule has 1 heterocycles. The largest absolute Gasteiger partial charge is 0.481 e. The summed E-state index contributed by atoms with van der Waals surface area (Å²) in [6.45, 7) is 8.17. The fourth-order valence-electron chi connectivity index (χ4n) is 3.87. The zero-order chi connectivity index (χ0) is 21.8. The molecule has 0 spiro atoms. The van der Waals surface area contributed by atoms with E-state index in [1.165, 1.54) is 28.9 Å². The van der Waals surface area contributed by atoms with Crippen molar-refractivity contribution in [1.82, 2.24) is 0 Å². The highest BCUT2D eigenvalue weighted by Crippen LogP contribution is 2.41. The van der Waals surface area contributed by atoms with Crippen molar-refractivity contribution < 1.29 is 19.1 Å². The summed E-state index contributed by atoms with van der Waals surface area (Å²) in [6, 6.07) is 5.81. The van der Waals surface area contributed by atoms with Gasteiger partial charge in [0.05, 0.1) is 12.7 Å². The minimum Gasteiger partial charge on any atom is -0.481 e. The molecule has 0 fully saturated rings. The number of fused-ring (bicyclic) bond motifs is 1. The lowest BCUT2D eigenvalue weighted by Gasteiger charge is -2.20. The van der Waals surface area contributed by atoms with E-state index in [9.17, 15) is 9.59 Å². The molecule has 162 valence electrons. The fraction of sp³-hybridized carbons (Fsp3) is 0.500. The average molecular weight is 430 g/mol. The Balaban J connectivity index is 1.83. The van der Waals surface area contributed by atoms with Crippen LogP contribution in [0, 0.1) is 19.8 Å². The first-order valence-electron chi connectivity index (χ1n) is 10.6. The summed E-state index contributed by atoms with van der Waals surface area (Å²) in [7, 11) is 1.38. The third kappa shape index (κ3) is 4.69. The average Bonchev–Trinajstić information content (AvgIpc) is 3.10. The zero-order valence-electron chi connectivity index (χ0n) is 18.5. The molecule has 3 rings (SSSR count). The van der Waals surface area contributed by atoms with Crippen molar-refractivity contribution in [3.63, 3.8) is 0 Å². The number of ether oxygens (including phenoxy) is 2. The SMILES string of the molecule is CCC1CCc2c(sc(NC(=O)C(CC)Oc3ccc(C)c(C)c3)c2C(=O)OC)C1. The molecule has 30 heavy (non-hydrogen) atoms. The quantitative estimate of drug-likeness (QED) is 0.594. The fourth-order valence-corrected chi connectivity index (χ4v) is 5.23. The van der Waals surface area contributed by atoms with E-state index in [4.69, 9.17) is 9.47 Å². The van der Waals surface area contributed by atoms with Gasteiger partial charge in [-0.05, 0) is 74.3 Å². The Hall–Kier alpha value is -2.34. The van der Waals surface area contributed by atoms with Gasteiger partial charge in [-0.25, -0.2) is 4.79 Å². The molecule has 1 N–H and O–H groups in total. The highest BCUT2D eigenvalue weighted by Gasteiger charge is 2.30. The van der Waals surface area contributed by atoms with Crippen molar-refractivity contribution in [2.75, 3.05) is 12.4 Å². The molecule has 2 unspecified atom stereocenters. The number of benzene rings is 1. The highest BCUT2D eigenvalue weighted by atomic mass is 32.1. The van der Waals surface area contributed by atoms with Crippen molar-refractivity contribution in [2.45, 2.75) is 65.9 Å². The lowest BCUT2D eigenvalue weighted by atomic mass is 9.85. The van der Waals surface area contributed by atoms with E-state index in [0.29, 0.717) is 28.7 Å². The Kier molecular flexibility index (Phi) is 7.19. The maximum absolute atomic E-state index is 13.0. The van der Waals surface area contributed by atoms with Crippen LogP contribution in [0.25, 0.3) is 0 Å². The highest BCUT2D eigenvalue weighted by molar-refractivity contribution is 7.17. The number of thiophene rings is 1. The lowest BCUT2D eigenvalue weighted by molar-refractivity contribution is -0.122. The number of anilines is 1. The third-order valence-corrected chi connectivity index (χ3v) is 7.16. The second kappa shape index (κ2) is 9.65. The molecule has 0 saturated carbocycles. The van der Waals surface area contributed by atoms with Gasteiger partial charge in [-0.15, -0.1) is 11.3 Å². The first-order chi connectivity index (χ1) is 14.4. The molecule has 1 amide bonds. The molecule has 0 radical (unpaired) electrons. The topological polar surface area (TPSA) is 64.6 Å². The number of methoxy groups -OCH3 is 1. The summed E-state index contributed by atoms with van der Waals surface area (Å²) < 4.78 is 11.0. The predicted octanol–water partition coefficient (Wildman–Crippen LogP) is 5.46. The summed E-state index contributed by atoms with van der Waals surface area (Å²) in [5.41, 5.74) is 3.85. The Morgan fingerprint density at radius 3 is 2.63 bits per heavy atom. The van der Waals surface area contributed by atoms with Crippen molar-refractivity contribution >= 4 is 28.2 Å². The number of amides is 1. The van der Waals surface area contributed by atoms with Crippen LogP contribution < -0.4 is 10.1 Å². The van der Waals surface area contributed by atoms with Crippen LogP contribution in [-0.4, -0.2) is 25.1 Å². The zero-order valence-corrected chi connectivity index (χ0v) is 19.3. The van der Waals surface area contributed by atoms with Gasteiger partial charge in [0, 0.05) is 4.88 Å². The normalized spacial score (nSPS) is 16.5. The van der Waals surface area contributed by atoms with Crippen molar-refractivity contribution in [3.05, 3.63) is 45.3 Å². The van der Waals surface area contributed by atoms with Crippen LogP contribution in [0.2, 0.25) is 0 Å². The van der Waals surface area contributed by atoms with Gasteiger partial charge < -0.3 is 14.8 Å². The van der Waals surface area contributed by atoms with E-state index >= 15 is 0 Å². The van der Waals surface area contributed by atoms with Crippen molar-refractivity contribution in [3.8, 4) is 5.75 Å². The maximum atomic E-state index is 13.0. The van der Waals surface area contributed by atoms with Gasteiger partial charge in [0.15, 0.2) is 6.10 Å². The van der Waals surface area contributed by atoms with Crippen LogP contribution >= 0.6 is 11.3 Å². The summed E-state index contributed by atoms with van der Waals surface area (Å²) >= 11 is 1.50. The molecular weight excluding hydrogens is 398 g/mol. The summed E-state index contributed by atoms with van der Waals surface area (Å²) in [5.74, 6) is 0.665. The predicted molar refractivity (Wildman–Crippen MR) is 121 cm³/mol. The van der Waals surface area contributed by atoms with E-state index in [1.54, 1.807) is 0 Å². The summed E-state index contributed by atoms with van der Waals surface area (Å²) in [6.07, 6.45) is 3.86. The van der Waals surface area contributed by atoms with E-state index in [-0.39, 0.29) is 11.9 Å². The van der Waals surface area contributed by atoms with Gasteiger partial charge >= 0.3 is 5.97 Å². The monoisotopic (exact) mass is 429 g/mol. The molecule has 2 aromatic rings. The molecular formula is C24H31NO4S. The number of hydrogen-bond acceptors (Lipinski definition) is 5. The van der Waals surface area contributed by atoms with Gasteiger partial charge in [-0.1, -0.05) is 26.3 Å². The van der Waals surface area contributed by atoms with Gasteiger partial charge in [0.25, 0.3) is 5.91 Å². The van der Waals surface area contributed by atoms with Crippen LogP contribution in [-0.2, 0) is 22.4 Å². The molecule has 0 saturated heterocycles. The molecule has 5 nitrogen and oxygen atoms in total. The number of hydrogen-bond donors (Lipinski definition) is 1. The number of aryl methyl sites for hydroxylation is 2. The second-order valence-corrected chi connectivity index (χ2v) is 9.07. The molecule has 1 aromatic heterocycles. The van der Waals surface area contributed by atoms with E-state index in [2.05, 4.69) is 12.2 Å². The number of rotatable bonds is 7. The van der Waals surface area contributed by atoms with Crippen LogP contribution in [0.15, 0.2) is 18.2 Å². The Labute approximate surface area is 182 Å². The number of carbonyl (C=O) groups excluding carboxylic acids is 2. The maximum Gasteiger partial charge on any atom is 0.341 e. The van der Waals surface area contributed by atoms with Gasteiger partial charge in [-0.3, -0.25) is 4.79 Å². The minimum absolute atomic E-state index is 0.244. The molecule has 1 aromatic carbocycles. The standard InChI is InChI=1S/C24H31NO4S/c1-6-16-9-11-18-20(13-16)30-23(21(18)24(27)28-5)25-22(26)19(7-2)29-17-10-8-14(3)15(4)12-17/h8,10,12,16,19H,6-7,9,11,13H2,1-5H3,(H,25,26). The smallest absolute Gasteiger partial charge is 0.341 e. The lowest BCUT2D eigenvalue weighted by Crippen LogP contribution is -2.32. The van der Waals surface area contributed by atoms with Gasteiger partial charge in [0.1, 0.15) is 10.8 Å². The second-order valence-electron chi connectivity index (χ2n) is 7.97. The first kappa shape index (κ1) is 22.3. The molecule has 0 aliphatic heterocycles. The van der Waals surface area contributed by atoms with E-state index < -0.39 is 6.10 Å². The Morgan fingerprint density at radius 1 is 1.23 bits per heavy atom. The molecule has 1 aliphatic rings. The van der Waals surface area contributed by atoms with Crippen LogP contribution in [0.1, 0.15) is 65.0 Å². The first-order valence-corrected chi connectivity index (χ1v) is 11.5. The number of carbonyl (C=O) groups is 2. The van der Waals surface area contributed by atoms with Crippen molar-refractivity contribution in [1.29, 1.82) is 0 Å². The van der Waals surface area contributed by atoms with Crippen LogP contribution in [0.5, 0.6) is 5.75 Å². The minimum atomic E-state index is -0.639. The summed E-state index contributed by atoms with van der Waals surface area (Å²) in [4.78, 5) is 26.7. The molecule has 1 aliphatic carbocycles. The Morgan fingerprint density at radius 2 is 2.00 bits per heavy atom. The van der Waals surface area contributed by atoms with Gasteiger partial charge in [0.2, 0.25) is 0 Å². The third-order valence-electron chi connectivity index (χ3n) is 5.99. The van der Waals surface area contributed by atoms with E-state index in [0.717, 1.165) is 36.8 Å².